The van der Waals surface area contributed by atoms with E-state index in [2.05, 4.69) is 20.6 Å². The molecule has 1 N–H and O–H groups in total. The first-order valence-corrected chi connectivity index (χ1v) is 6.79. The van der Waals surface area contributed by atoms with Gasteiger partial charge in [0.1, 0.15) is 0 Å². The van der Waals surface area contributed by atoms with Crippen LogP contribution in [0.15, 0.2) is 30.3 Å². The van der Waals surface area contributed by atoms with E-state index in [1.54, 1.807) is 18.0 Å². The van der Waals surface area contributed by atoms with E-state index in [9.17, 15) is 4.79 Å². The fourth-order valence-corrected chi connectivity index (χ4v) is 2.03. The minimum atomic E-state index is -0.0492. The molecule has 1 atom stereocenters. The number of aryl methyl sites for hydroxylation is 1. The maximum Gasteiger partial charge on any atom is 0.246 e. The highest BCUT2D eigenvalue weighted by molar-refractivity contribution is 5.91. The molecule has 110 valence electrons. The van der Waals surface area contributed by atoms with Crippen LogP contribution in [0.5, 0.6) is 0 Å². The van der Waals surface area contributed by atoms with Crippen molar-refractivity contribution in [2.75, 3.05) is 13.6 Å². The molecule has 0 saturated carbocycles. The van der Waals surface area contributed by atoms with Crippen molar-refractivity contribution in [3.8, 4) is 0 Å². The molecular formula is C15H19N5O. The lowest BCUT2D eigenvalue weighted by atomic mass is 10.1. The largest absolute Gasteiger partial charge is 0.341 e. The zero-order valence-corrected chi connectivity index (χ0v) is 12.4. The van der Waals surface area contributed by atoms with Crippen LogP contribution in [0.2, 0.25) is 0 Å². The van der Waals surface area contributed by atoms with Gasteiger partial charge in [-0.05, 0) is 18.6 Å². The van der Waals surface area contributed by atoms with E-state index in [-0.39, 0.29) is 11.8 Å². The number of carbonyl (C=O) groups excluding carboxylic acids is 1. The summed E-state index contributed by atoms with van der Waals surface area (Å²) in [6.45, 7) is 4.52. The lowest BCUT2D eigenvalue weighted by molar-refractivity contribution is -0.124. The Labute approximate surface area is 123 Å². The number of nitrogens with one attached hydrogen (secondary N) is 1. The Kier molecular flexibility index (Phi) is 4.81. The molecule has 0 aliphatic heterocycles. The van der Waals surface area contributed by atoms with Crippen LogP contribution in [-0.4, -0.2) is 45.0 Å². The summed E-state index contributed by atoms with van der Waals surface area (Å²) in [5, 5.41) is 13.8. The summed E-state index contributed by atoms with van der Waals surface area (Å²) >= 11 is 0. The smallest absolute Gasteiger partial charge is 0.246 e. The zero-order chi connectivity index (χ0) is 15.2. The number of carbonyl (C=O) groups is 1. The summed E-state index contributed by atoms with van der Waals surface area (Å²) in [4.78, 5) is 13.7. The molecule has 0 radical (unpaired) electrons. The van der Waals surface area contributed by atoms with Crippen molar-refractivity contribution in [2.24, 2.45) is 0 Å². The topological polar surface area (TPSA) is 74.8 Å². The van der Waals surface area contributed by atoms with E-state index in [4.69, 9.17) is 0 Å². The number of nitrogens with zero attached hydrogens (tertiary/aromatic N) is 4. The third-order valence-corrected chi connectivity index (χ3v) is 3.19. The van der Waals surface area contributed by atoms with Crippen LogP contribution < -0.4 is 0 Å². The first kappa shape index (κ1) is 14.9. The van der Waals surface area contributed by atoms with E-state index in [0.717, 1.165) is 5.56 Å². The Bertz CT molecular complexity index is 621. The van der Waals surface area contributed by atoms with E-state index in [1.165, 1.54) is 5.56 Å². The van der Waals surface area contributed by atoms with Gasteiger partial charge in [-0.15, -0.1) is 10.2 Å². The summed E-state index contributed by atoms with van der Waals surface area (Å²) in [6, 6.07) is 8.00. The molecule has 2 rings (SSSR count). The van der Waals surface area contributed by atoms with Crippen molar-refractivity contribution in [1.82, 2.24) is 25.5 Å². The summed E-state index contributed by atoms with van der Waals surface area (Å²) in [6.07, 6.45) is 3.41. The summed E-state index contributed by atoms with van der Waals surface area (Å²) in [7, 11) is 1.76. The summed E-state index contributed by atoms with van der Waals surface area (Å²) < 4.78 is 0. The molecule has 2 aromatic rings. The zero-order valence-electron chi connectivity index (χ0n) is 12.4. The lowest BCUT2D eigenvalue weighted by Gasteiger charge is -2.18. The van der Waals surface area contributed by atoms with Crippen LogP contribution in [0, 0.1) is 6.92 Å². The number of aromatic nitrogens is 4. The van der Waals surface area contributed by atoms with Crippen molar-refractivity contribution >= 4 is 12.0 Å². The second-order valence-corrected chi connectivity index (χ2v) is 5.14. The van der Waals surface area contributed by atoms with Crippen molar-refractivity contribution in [2.45, 2.75) is 19.8 Å². The van der Waals surface area contributed by atoms with Gasteiger partial charge in [0.25, 0.3) is 0 Å². The SMILES string of the molecule is Cc1cccc(/C=C/C(=O)N(C)CC(C)c2nn[nH]n2)c1. The van der Waals surface area contributed by atoms with Crippen LogP contribution in [-0.2, 0) is 4.79 Å². The quantitative estimate of drug-likeness (QED) is 0.850. The number of hydrogen-bond acceptors (Lipinski definition) is 4. The fraction of sp³-hybridized carbons (Fsp3) is 0.333. The molecule has 1 aromatic carbocycles. The Balaban J connectivity index is 1.93. The predicted octanol–water partition coefficient (Wildman–Crippen LogP) is 1.78. The number of amides is 1. The Morgan fingerprint density at radius 1 is 1.48 bits per heavy atom. The predicted molar refractivity (Wildman–Crippen MR) is 80.4 cm³/mol. The third kappa shape index (κ3) is 4.24. The lowest BCUT2D eigenvalue weighted by Crippen LogP contribution is -2.29. The van der Waals surface area contributed by atoms with Gasteiger partial charge in [0.2, 0.25) is 5.91 Å². The Morgan fingerprint density at radius 3 is 2.95 bits per heavy atom. The number of tetrazole rings is 1. The first-order chi connectivity index (χ1) is 10.1. The molecule has 6 heteroatoms. The molecule has 0 saturated heterocycles. The van der Waals surface area contributed by atoms with Gasteiger partial charge < -0.3 is 4.90 Å². The normalized spacial score (nSPS) is 12.5. The average molecular weight is 285 g/mol. The fourth-order valence-electron chi connectivity index (χ4n) is 2.03. The van der Waals surface area contributed by atoms with Crippen LogP contribution >= 0.6 is 0 Å². The van der Waals surface area contributed by atoms with E-state index in [0.29, 0.717) is 12.4 Å². The monoisotopic (exact) mass is 285 g/mol. The van der Waals surface area contributed by atoms with Gasteiger partial charge >= 0.3 is 0 Å². The number of benzene rings is 1. The number of rotatable bonds is 5. The molecule has 0 fully saturated rings. The van der Waals surface area contributed by atoms with Crippen molar-refractivity contribution in [3.63, 3.8) is 0 Å². The number of aromatic amines is 1. The highest BCUT2D eigenvalue weighted by atomic mass is 16.2. The minimum Gasteiger partial charge on any atom is -0.341 e. The Morgan fingerprint density at radius 2 is 2.29 bits per heavy atom. The Hall–Kier alpha value is -2.50. The van der Waals surface area contributed by atoms with E-state index < -0.39 is 0 Å². The molecule has 0 aliphatic carbocycles. The molecule has 0 bridgehead atoms. The second-order valence-electron chi connectivity index (χ2n) is 5.14. The molecule has 0 spiro atoms. The first-order valence-electron chi connectivity index (χ1n) is 6.79. The molecule has 1 unspecified atom stereocenters. The molecule has 1 amide bonds. The molecule has 1 aromatic heterocycles. The molecule has 21 heavy (non-hydrogen) atoms. The van der Waals surface area contributed by atoms with Crippen LogP contribution in [0.1, 0.15) is 29.8 Å². The van der Waals surface area contributed by atoms with Gasteiger partial charge in [0, 0.05) is 25.6 Å². The summed E-state index contributed by atoms with van der Waals surface area (Å²) in [5.41, 5.74) is 2.19. The molecule has 1 heterocycles. The van der Waals surface area contributed by atoms with Gasteiger partial charge in [-0.1, -0.05) is 42.0 Å². The standard InChI is InChI=1S/C15H19N5O/c1-11-5-4-6-13(9-11)7-8-14(21)20(3)10-12(2)15-16-18-19-17-15/h4-9,12H,10H2,1-3H3,(H,16,17,18,19)/b8-7+. The van der Waals surface area contributed by atoms with Gasteiger partial charge in [-0.3, -0.25) is 4.79 Å². The van der Waals surface area contributed by atoms with Crippen molar-refractivity contribution in [3.05, 3.63) is 47.3 Å². The molecule has 6 nitrogen and oxygen atoms in total. The van der Waals surface area contributed by atoms with Gasteiger partial charge in [0.05, 0.1) is 0 Å². The van der Waals surface area contributed by atoms with E-state index in [1.807, 2.05) is 44.2 Å². The average Bonchev–Trinajstić information content (AvgIpc) is 2.99. The van der Waals surface area contributed by atoms with Crippen molar-refractivity contribution in [1.29, 1.82) is 0 Å². The van der Waals surface area contributed by atoms with Crippen LogP contribution in [0.25, 0.3) is 6.08 Å². The van der Waals surface area contributed by atoms with Crippen molar-refractivity contribution < 1.29 is 4.79 Å². The van der Waals surface area contributed by atoms with Gasteiger partial charge in [-0.25, -0.2) is 0 Å². The maximum atomic E-state index is 12.1. The molecule has 0 aliphatic rings. The number of hydrogen-bond donors (Lipinski definition) is 1. The van der Waals surface area contributed by atoms with Gasteiger partial charge in [0.15, 0.2) is 5.82 Å². The van der Waals surface area contributed by atoms with E-state index >= 15 is 0 Å². The molecular weight excluding hydrogens is 266 g/mol. The maximum absolute atomic E-state index is 12.1. The highest BCUT2D eigenvalue weighted by Gasteiger charge is 2.15. The number of H-pyrrole nitrogens is 1. The van der Waals surface area contributed by atoms with Gasteiger partial charge in [-0.2, -0.15) is 5.21 Å². The second kappa shape index (κ2) is 6.78. The minimum absolute atomic E-state index is 0.0325. The number of likely N-dealkylation sites (N-methyl/N-ethyl adjacent to an activating group) is 1. The van der Waals surface area contributed by atoms with Crippen LogP contribution in [0.4, 0.5) is 0 Å². The summed E-state index contributed by atoms with van der Waals surface area (Å²) in [5.74, 6) is 0.592. The highest BCUT2D eigenvalue weighted by Crippen LogP contribution is 2.10. The van der Waals surface area contributed by atoms with Crippen LogP contribution in [0.3, 0.4) is 0 Å². The third-order valence-electron chi connectivity index (χ3n) is 3.19.